The van der Waals surface area contributed by atoms with Crippen molar-refractivity contribution in [1.29, 1.82) is 0 Å². The van der Waals surface area contributed by atoms with Gasteiger partial charge in [0.1, 0.15) is 17.9 Å². The van der Waals surface area contributed by atoms with Crippen molar-refractivity contribution in [3.05, 3.63) is 95.9 Å². The maximum Gasteiger partial charge on any atom is 0.137 e. The molecule has 5 aromatic rings. The van der Waals surface area contributed by atoms with Crippen LogP contribution in [0.1, 0.15) is 24.8 Å². The molecule has 1 aliphatic heterocycles. The standard InChI is InChI=1S/C34H37ClN6O/c35-27-8-10-29-31(12-16-36-32(29)21-27)37-17-20-41-18-13-26(14-19-41)23-42-28-9-11-30-33(22-28)39-24-40-34(30)38-15-4-7-25-5-2-1-3-6-25/h1-3,5-6,8-12,16,21-22,24,26H,4,7,13-15,17-20,23H2,(H,36,37)(H,38,39,40). The number of anilines is 2. The quantitative estimate of drug-likeness (QED) is 0.153. The van der Waals surface area contributed by atoms with Crippen molar-refractivity contribution < 1.29 is 4.74 Å². The highest BCUT2D eigenvalue weighted by atomic mass is 35.5. The molecular formula is C34H37ClN6O. The minimum atomic E-state index is 0.561. The molecule has 1 aliphatic rings. The van der Waals surface area contributed by atoms with Crippen molar-refractivity contribution in [2.24, 2.45) is 5.92 Å². The molecular weight excluding hydrogens is 544 g/mol. The Morgan fingerprint density at radius 2 is 1.67 bits per heavy atom. The van der Waals surface area contributed by atoms with Gasteiger partial charge in [-0.15, -0.1) is 0 Å². The van der Waals surface area contributed by atoms with Crippen molar-refractivity contribution in [1.82, 2.24) is 19.9 Å². The topological polar surface area (TPSA) is 75.2 Å². The number of fused-ring (bicyclic) bond motifs is 2. The molecule has 1 fully saturated rings. The normalized spacial score (nSPS) is 14.3. The van der Waals surface area contributed by atoms with Crippen LogP contribution in [0.4, 0.5) is 11.5 Å². The van der Waals surface area contributed by atoms with Gasteiger partial charge in [0.25, 0.3) is 0 Å². The van der Waals surface area contributed by atoms with E-state index < -0.39 is 0 Å². The van der Waals surface area contributed by atoms with E-state index in [0.29, 0.717) is 10.9 Å². The first kappa shape index (κ1) is 28.2. The highest BCUT2D eigenvalue weighted by molar-refractivity contribution is 6.31. The van der Waals surface area contributed by atoms with Crippen LogP contribution in [0.15, 0.2) is 85.3 Å². The Labute approximate surface area is 252 Å². The number of hydrogen-bond donors (Lipinski definition) is 2. The van der Waals surface area contributed by atoms with E-state index >= 15 is 0 Å². The van der Waals surface area contributed by atoms with E-state index in [1.165, 1.54) is 5.56 Å². The number of halogens is 1. The first-order chi connectivity index (χ1) is 20.7. The second kappa shape index (κ2) is 13.8. The molecule has 2 aromatic heterocycles. The molecule has 7 nitrogen and oxygen atoms in total. The van der Waals surface area contributed by atoms with Crippen molar-refractivity contribution in [2.75, 3.05) is 50.0 Å². The zero-order valence-corrected chi connectivity index (χ0v) is 24.6. The molecule has 8 heteroatoms. The SMILES string of the molecule is Clc1ccc2c(NCCN3CCC(COc4ccc5c(NCCCc6ccccc6)ncnc5c4)CC3)ccnc2c1. The molecule has 2 N–H and O–H groups in total. The summed E-state index contributed by atoms with van der Waals surface area (Å²) in [6.07, 6.45) is 7.84. The molecule has 42 heavy (non-hydrogen) atoms. The highest BCUT2D eigenvalue weighted by Crippen LogP contribution is 2.26. The number of ether oxygens (including phenoxy) is 1. The van der Waals surface area contributed by atoms with E-state index in [-0.39, 0.29) is 0 Å². The van der Waals surface area contributed by atoms with Gasteiger partial charge in [-0.05, 0) is 86.7 Å². The summed E-state index contributed by atoms with van der Waals surface area (Å²) in [5.74, 6) is 2.31. The number of nitrogens with one attached hydrogen (secondary N) is 2. The van der Waals surface area contributed by atoms with Crippen molar-refractivity contribution in [3.8, 4) is 5.75 Å². The summed E-state index contributed by atoms with van der Waals surface area (Å²) in [4.78, 5) is 15.9. The largest absolute Gasteiger partial charge is 0.493 e. The molecule has 0 amide bonds. The number of pyridine rings is 1. The van der Waals surface area contributed by atoms with Crippen LogP contribution in [0.3, 0.4) is 0 Å². The fourth-order valence-corrected chi connectivity index (χ4v) is 5.79. The van der Waals surface area contributed by atoms with Crippen molar-refractivity contribution in [3.63, 3.8) is 0 Å². The van der Waals surface area contributed by atoms with Gasteiger partial charge in [-0.2, -0.15) is 0 Å². The van der Waals surface area contributed by atoms with E-state index in [0.717, 1.165) is 104 Å². The van der Waals surface area contributed by atoms with Gasteiger partial charge >= 0.3 is 0 Å². The average Bonchev–Trinajstić information content (AvgIpc) is 3.03. The van der Waals surface area contributed by atoms with E-state index in [1.54, 1.807) is 6.33 Å². The lowest BCUT2D eigenvalue weighted by molar-refractivity contribution is 0.145. The predicted molar refractivity (Wildman–Crippen MR) is 173 cm³/mol. The van der Waals surface area contributed by atoms with Crippen molar-refractivity contribution >= 4 is 44.9 Å². The van der Waals surface area contributed by atoms with Gasteiger partial charge in [-0.25, -0.2) is 9.97 Å². The molecule has 0 aliphatic carbocycles. The molecule has 216 valence electrons. The number of piperidine rings is 1. The zero-order chi connectivity index (χ0) is 28.6. The van der Waals surface area contributed by atoms with Gasteiger partial charge in [0.15, 0.2) is 0 Å². The van der Waals surface area contributed by atoms with E-state index in [9.17, 15) is 0 Å². The number of rotatable bonds is 12. The Balaban J connectivity index is 0.931. The Hall–Kier alpha value is -3.94. The number of hydrogen-bond acceptors (Lipinski definition) is 7. The lowest BCUT2D eigenvalue weighted by Gasteiger charge is -2.32. The molecule has 0 bridgehead atoms. The van der Waals surface area contributed by atoms with Crippen LogP contribution in [-0.2, 0) is 6.42 Å². The lowest BCUT2D eigenvalue weighted by Crippen LogP contribution is -2.38. The molecule has 0 radical (unpaired) electrons. The zero-order valence-electron chi connectivity index (χ0n) is 23.8. The number of benzene rings is 3. The fourth-order valence-electron chi connectivity index (χ4n) is 5.63. The van der Waals surface area contributed by atoms with E-state index in [1.807, 2.05) is 42.6 Å². The third-order valence-electron chi connectivity index (χ3n) is 8.03. The molecule has 0 unspecified atom stereocenters. The van der Waals surface area contributed by atoms with Crippen LogP contribution in [0.2, 0.25) is 5.02 Å². The Morgan fingerprint density at radius 3 is 2.55 bits per heavy atom. The monoisotopic (exact) mass is 580 g/mol. The number of nitrogens with zero attached hydrogens (tertiary/aromatic N) is 4. The fraction of sp³-hybridized carbons (Fsp3) is 0.324. The van der Waals surface area contributed by atoms with Crippen molar-refractivity contribution in [2.45, 2.75) is 25.7 Å². The summed E-state index contributed by atoms with van der Waals surface area (Å²) < 4.78 is 6.24. The van der Waals surface area contributed by atoms with Crippen LogP contribution in [-0.4, -0.2) is 59.2 Å². The van der Waals surface area contributed by atoms with E-state index in [2.05, 4.69) is 66.9 Å². The third kappa shape index (κ3) is 7.27. The second-order valence-corrected chi connectivity index (χ2v) is 11.4. The number of aromatic nitrogens is 3. The average molecular weight is 581 g/mol. The Morgan fingerprint density at radius 1 is 0.833 bits per heavy atom. The predicted octanol–water partition coefficient (Wildman–Crippen LogP) is 7.08. The molecule has 0 atom stereocenters. The first-order valence-corrected chi connectivity index (χ1v) is 15.2. The van der Waals surface area contributed by atoms with Gasteiger partial charge in [0.05, 0.1) is 17.6 Å². The van der Waals surface area contributed by atoms with Gasteiger partial charge in [-0.3, -0.25) is 4.98 Å². The summed E-state index contributed by atoms with van der Waals surface area (Å²) in [5, 5.41) is 9.91. The summed E-state index contributed by atoms with van der Waals surface area (Å²) >= 11 is 6.13. The summed E-state index contributed by atoms with van der Waals surface area (Å²) in [6, 6.07) is 24.6. The molecule has 3 heterocycles. The van der Waals surface area contributed by atoms with Gasteiger partial charge < -0.3 is 20.3 Å². The van der Waals surface area contributed by atoms with Gasteiger partial charge in [0.2, 0.25) is 0 Å². The summed E-state index contributed by atoms with van der Waals surface area (Å²) in [6.45, 7) is 5.69. The second-order valence-electron chi connectivity index (χ2n) is 11.0. The molecule has 0 spiro atoms. The number of aryl methyl sites for hydroxylation is 1. The maximum absolute atomic E-state index is 6.24. The minimum absolute atomic E-state index is 0.561. The smallest absolute Gasteiger partial charge is 0.137 e. The minimum Gasteiger partial charge on any atom is -0.493 e. The third-order valence-corrected chi connectivity index (χ3v) is 8.26. The van der Waals surface area contributed by atoms with E-state index in [4.69, 9.17) is 16.3 Å². The van der Waals surface area contributed by atoms with Crippen LogP contribution in [0, 0.1) is 5.92 Å². The summed E-state index contributed by atoms with van der Waals surface area (Å²) in [7, 11) is 0. The van der Waals surface area contributed by atoms with Crippen LogP contribution >= 0.6 is 11.6 Å². The summed E-state index contributed by atoms with van der Waals surface area (Å²) in [5.41, 5.74) is 4.28. The molecule has 6 rings (SSSR count). The number of likely N-dealkylation sites (tertiary alicyclic amines) is 1. The molecule has 3 aromatic carbocycles. The highest BCUT2D eigenvalue weighted by Gasteiger charge is 2.20. The Kier molecular flexibility index (Phi) is 9.27. The molecule has 0 saturated carbocycles. The molecule has 1 saturated heterocycles. The van der Waals surface area contributed by atoms with Gasteiger partial charge in [0, 0.05) is 53.4 Å². The maximum atomic E-state index is 6.24. The Bertz CT molecular complexity index is 1610. The van der Waals surface area contributed by atoms with Crippen LogP contribution < -0.4 is 15.4 Å². The van der Waals surface area contributed by atoms with Gasteiger partial charge in [-0.1, -0.05) is 41.9 Å². The first-order valence-electron chi connectivity index (χ1n) is 14.9. The lowest BCUT2D eigenvalue weighted by atomic mass is 9.98. The van der Waals surface area contributed by atoms with Crippen LogP contribution in [0.5, 0.6) is 5.75 Å². The van der Waals surface area contributed by atoms with Crippen LogP contribution in [0.25, 0.3) is 21.8 Å².